The van der Waals surface area contributed by atoms with Crippen molar-refractivity contribution in [3.63, 3.8) is 0 Å². The van der Waals surface area contributed by atoms with E-state index in [0.29, 0.717) is 25.4 Å². The average molecular weight is 221 g/mol. The van der Waals surface area contributed by atoms with Crippen molar-refractivity contribution in [2.24, 2.45) is 0 Å². The van der Waals surface area contributed by atoms with Crippen LogP contribution in [0.15, 0.2) is 30.3 Å². The lowest BCUT2D eigenvalue weighted by Crippen LogP contribution is -2.26. The standard InChI is InChI=1S/C12H12FNO2/c13-11-4-2-1-3-10(11)5-6-12(15)14-7-8-16-9-14/h1-6H,7-9H2/b6-5+. The molecule has 1 aliphatic heterocycles. The zero-order chi connectivity index (χ0) is 11.4. The van der Waals surface area contributed by atoms with Gasteiger partial charge in [0.2, 0.25) is 5.91 Å². The minimum Gasteiger partial charge on any atom is -0.359 e. The number of nitrogens with zero attached hydrogens (tertiary/aromatic N) is 1. The second kappa shape index (κ2) is 4.90. The maximum atomic E-state index is 13.2. The van der Waals surface area contributed by atoms with Crippen LogP contribution in [0.25, 0.3) is 6.08 Å². The van der Waals surface area contributed by atoms with Crippen LogP contribution in [0.3, 0.4) is 0 Å². The molecular formula is C12H12FNO2. The molecule has 1 saturated heterocycles. The molecule has 0 atom stereocenters. The van der Waals surface area contributed by atoms with E-state index in [-0.39, 0.29) is 11.7 Å². The van der Waals surface area contributed by atoms with Crippen LogP contribution in [-0.2, 0) is 9.53 Å². The molecule has 16 heavy (non-hydrogen) atoms. The lowest BCUT2D eigenvalue weighted by molar-refractivity contribution is -0.126. The zero-order valence-electron chi connectivity index (χ0n) is 8.73. The number of ether oxygens (including phenoxy) is 1. The van der Waals surface area contributed by atoms with Crippen LogP contribution in [0.2, 0.25) is 0 Å². The fourth-order valence-corrected chi connectivity index (χ4v) is 1.46. The topological polar surface area (TPSA) is 29.5 Å². The fraction of sp³-hybridized carbons (Fsp3) is 0.250. The molecule has 1 aromatic rings. The van der Waals surface area contributed by atoms with Crippen molar-refractivity contribution in [1.29, 1.82) is 0 Å². The maximum Gasteiger partial charge on any atom is 0.248 e. The number of carbonyl (C=O) groups excluding carboxylic acids is 1. The van der Waals surface area contributed by atoms with Gasteiger partial charge in [0.05, 0.1) is 6.61 Å². The number of rotatable bonds is 2. The van der Waals surface area contributed by atoms with Crippen molar-refractivity contribution in [1.82, 2.24) is 4.90 Å². The molecule has 0 unspecified atom stereocenters. The summed E-state index contributed by atoms with van der Waals surface area (Å²) in [5.74, 6) is -0.482. The Morgan fingerprint density at radius 2 is 2.25 bits per heavy atom. The largest absolute Gasteiger partial charge is 0.359 e. The van der Waals surface area contributed by atoms with Gasteiger partial charge in [-0.3, -0.25) is 4.79 Å². The monoisotopic (exact) mass is 221 g/mol. The highest BCUT2D eigenvalue weighted by Crippen LogP contribution is 2.09. The number of benzene rings is 1. The average Bonchev–Trinajstić information content (AvgIpc) is 2.81. The third-order valence-corrected chi connectivity index (χ3v) is 2.38. The summed E-state index contributed by atoms with van der Waals surface area (Å²) < 4.78 is 18.3. The second-order valence-electron chi connectivity index (χ2n) is 3.49. The Morgan fingerprint density at radius 3 is 2.94 bits per heavy atom. The molecule has 0 spiro atoms. The number of amides is 1. The molecule has 1 amide bonds. The van der Waals surface area contributed by atoms with E-state index in [9.17, 15) is 9.18 Å². The summed E-state index contributed by atoms with van der Waals surface area (Å²) in [5.41, 5.74) is 0.413. The van der Waals surface area contributed by atoms with Gasteiger partial charge in [0.25, 0.3) is 0 Å². The highest BCUT2D eigenvalue weighted by Gasteiger charge is 2.15. The molecule has 0 radical (unpaired) electrons. The Bertz CT molecular complexity index is 411. The van der Waals surface area contributed by atoms with E-state index in [2.05, 4.69) is 0 Å². The van der Waals surface area contributed by atoms with Crippen molar-refractivity contribution < 1.29 is 13.9 Å². The number of carbonyl (C=O) groups is 1. The first-order valence-electron chi connectivity index (χ1n) is 5.06. The smallest absolute Gasteiger partial charge is 0.248 e. The third kappa shape index (κ3) is 2.46. The lowest BCUT2D eigenvalue weighted by Gasteiger charge is -2.09. The van der Waals surface area contributed by atoms with Gasteiger partial charge < -0.3 is 9.64 Å². The van der Waals surface area contributed by atoms with Gasteiger partial charge in [-0.2, -0.15) is 0 Å². The highest BCUT2D eigenvalue weighted by atomic mass is 19.1. The Morgan fingerprint density at radius 1 is 1.44 bits per heavy atom. The Labute approximate surface area is 93.1 Å². The van der Waals surface area contributed by atoms with E-state index in [1.165, 1.54) is 18.2 Å². The van der Waals surface area contributed by atoms with Crippen molar-refractivity contribution in [3.05, 3.63) is 41.7 Å². The van der Waals surface area contributed by atoms with Crippen LogP contribution in [-0.4, -0.2) is 30.7 Å². The van der Waals surface area contributed by atoms with Crippen LogP contribution in [0, 0.1) is 5.82 Å². The first-order valence-corrected chi connectivity index (χ1v) is 5.06. The molecule has 1 aliphatic rings. The molecule has 0 aromatic heterocycles. The van der Waals surface area contributed by atoms with Crippen molar-refractivity contribution >= 4 is 12.0 Å². The van der Waals surface area contributed by atoms with E-state index in [4.69, 9.17) is 4.74 Å². The lowest BCUT2D eigenvalue weighted by atomic mass is 10.2. The van der Waals surface area contributed by atoms with Crippen LogP contribution in [0.5, 0.6) is 0 Å². The van der Waals surface area contributed by atoms with Crippen LogP contribution < -0.4 is 0 Å². The first-order chi connectivity index (χ1) is 7.77. The quantitative estimate of drug-likeness (QED) is 0.711. The van der Waals surface area contributed by atoms with Gasteiger partial charge in [-0.15, -0.1) is 0 Å². The van der Waals surface area contributed by atoms with Gasteiger partial charge in [-0.25, -0.2) is 4.39 Å². The second-order valence-corrected chi connectivity index (χ2v) is 3.49. The molecular weight excluding hydrogens is 209 g/mol. The third-order valence-electron chi connectivity index (χ3n) is 2.38. The summed E-state index contributed by atoms with van der Waals surface area (Å²) >= 11 is 0. The summed E-state index contributed by atoms with van der Waals surface area (Å²) in [4.78, 5) is 13.1. The predicted molar refractivity (Wildman–Crippen MR) is 58.0 cm³/mol. The van der Waals surface area contributed by atoms with E-state index in [0.717, 1.165) is 0 Å². The zero-order valence-corrected chi connectivity index (χ0v) is 8.73. The first kappa shape index (κ1) is 10.8. The van der Waals surface area contributed by atoms with E-state index in [1.807, 2.05) is 0 Å². The molecule has 0 aliphatic carbocycles. The molecule has 1 heterocycles. The summed E-state index contributed by atoms with van der Waals surface area (Å²) in [6.07, 6.45) is 2.85. The minimum atomic E-state index is -0.329. The Hall–Kier alpha value is -1.68. The summed E-state index contributed by atoms with van der Waals surface area (Å²) in [5, 5.41) is 0. The van der Waals surface area contributed by atoms with Gasteiger partial charge >= 0.3 is 0 Å². The number of hydrogen-bond acceptors (Lipinski definition) is 2. The SMILES string of the molecule is O=C(/C=C/c1ccccc1F)N1CCOC1. The van der Waals surface area contributed by atoms with Crippen molar-refractivity contribution in [3.8, 4) is 0 Å². The van der Waals surface area contributed by atoms with Crippen LogP contribution in [0.4, 0.5) is 4.39 Å². The Balaban J connectivity index is 2.03. The van der Waals surface area contributed by atoms with Crippen LogP contribution >= 0.6 is 0 Å². The molecule has 1 fully saturated rings. The summed E-state index contributed by atoms with van der Waals surface area (Å²) in [7, 11) is 0. The van der Waals surface area contributed by atoms with Crippen LogP contribution in [0.1, 0.15) is 5.56 Å². The molecule has 0 N–H and O–H groups in total. The molecule has 0 saturated carbocycles. The molecule has 3 nitrogen and oxygen atoms in total. The minimum absolute atomic E-state index is 0.152. The molecule has 2 rings (SSSR count). The highest BCUT2D eigenvalue weighted by molar-refractivity contribution is 5.91. The predicted octanol–water partition coefficient (Wildman–Crippen LogP) is 1.66. The maximum absolute atomic E-state index is 13.2. The van der Waals surface area contributed by atoms with Crippen molar-refractivity contribution in [2.45, 2.75) is 0 Å². The number of hydrogen-bond donors (Lipinski definition) is 0. The number of halogens is 1. The fourth-order valence-electron chi connectivity index (χ4n) is 1.46. The normalized spacial score (nSPS) is 15.9. The molecule has 4 heteroatoms. The van der Waals surface area contributed by atoms with Gasteiger partial charge in [0.15, 0.2) is 0 Å². The molecule has 1 aromatic carbocycles. The van der Waals surface area contributed by atoms with Gasteiger partial charge in [-0.1, -0.05) is 18.2 Å². The van der Waals surface area contributed by atoms with E-state index in [1.54, 1.807) is 23.1 Å². The molecule has 84 valence electrons. The molecule has 0 bridgehead atoms. The summed E-state index contributed by atoms with van der Waals surface area (Å²) in [6, 6.07) is 6.33. The van der Waals surface area contributed by atoms with Gasteiger partial charge in [0, 0.05) is 18.2 Å². The summed E-state index contributed by atoms with van der Waals surface area (Å²) in [6.45, 7) is 1.49. The van der Waals surface area contributed by atoms with E-state index >= 15 is 0 Å². The van der Waals surface area contributed by atoms with E-state index < -0.39 is 0 Å². The van der Waals surface area contributed by atoms with Gasteiger partial charge in [0.1, 0.15) is 12.5 Å². The van der Waals surface area contributed by atoms with Crippen molar-refractivity contribution in [2.75, 3.05) is 19.9 Å². The Kier molecular flexibility index (Phi) is 3.31. The van der Waals surface area contributed by atoms with Gasteiger partial charge in [-0.05, 0) is 12.1 Å².